The summed E-state index contributed by atoms with van der Waals surface area (Å²) < 4.78 is 18.6. The van der Waals surface area contributed by atoms with Crippen molar-refractivity contribution in [3.63, 3.8) is 0 Å². The molecule has 0 aliphatic heterocycles. The fraction of sp³-hybridized carbons (Fsp3) is 0.214. The lowest BCUT2D eigenvalue weighted by molar-refractivity contribution is 0.274. The number of aryl methyl sites for hydroxylation is 1. The molecule has 0 aliphatic rings. The van der Waals surface area contributed by atoms with E-state index in [0.29, 0.717) is 16.3 Å². The standard InChI is InChI=1S/C14H13ClFNO2/c1-2-9-6-12(3-4-13(9)15)19-14-10(8-18)5-11(16)7-17-14/h3-7,18H,2,8H2,1H3. The Morgan fingerprint density at radius 2 is 2.11 bits per heavy atom. The molecule has 5 heteroatoms. The van der Waals surface area contributed by atoms with Crippen LogP contribution in [0.2, 0.25) is 5.02 Å². The summed E-state index contributed by atoms with van der Waals surface area (Å²) in [7, 11) is 0. The van der Waals surface area contributed by atoms with Gasteiger partial charge in [-0.15, -0.1) is 0 Å². The first-order valence-electron chi connectivity index (χ1n) is 5.85. The minimum Gasteiger partial charge on any atom is -0.439 e. The third kappa shape index (κ3) is 3.22. The highest BCUT2D eigenvalue weighted by Gasteiger charge is 2.09. The molecule has 100 valence electrons. The van der Waals surface area contributed by atoms with E-state index in [4.69, 9.17) is 21.4 Å². The van der Waals surface area contributed by atoms with Crippen LogP contribution in [0.25, 0.3) is 0 Å². The normalized spacial score (nSPS) is 10.5. The fourth-order valence-corrected chi connectivity index (χ4v) is 1.92. The second-order valence-electron chi connectivity index (χ2n) is 3.98. The monoisotopic (exact) mass is 281 g/mol. The van der Waals surface area contributed by atoms with Crippen LogP contribution in [0, 0.1) is 5.82 Å². The van der Waals surface area contributed by atoms with Crippen molar-refractivity contribution in [3.05, 3.63) is 52.4 Å². The maximum absolute atomic E-state index is 13.0. The topological polar surface area (TPSA) is 42.4 Å². The van der Waals surface area contributed by atoms with Crippen molar-refractivity contribution in [1.29, 1.82) is 0 Å². The Bertz CT molecular complexity index is 590. The van der Waals surface area contributed by atoms with Crippen LogP contribution >= 0.6 is 11.6 Å². The number of benzene rings is 1. The Morgan fingerprint density at radius 1 is 1.32 bits per heavy atom. The molecule has 1 aromatic heterocycles. The van der Waals surface area contributed by atoms with E-state index in [1.54, 1.807) is 18.2 Å². The summed E-state index contributed by atoms with van der Waals surface area (Å²) in [5.41, 5.74) is 1.25. The molecule has 2 rings (SSSR count). The SMILES string of the molecule is CCc1cc(Oc2ncc(F)cc2CO)ccc1Cl. The molecule has 0 saturated heterocycles. The lowest BCUT2D eigenvalue weighted by Gasteiger charge is -2.10. The maximum Gasteiger partial charge on any atom is 0.224 e. The number of aromatic nitrogens is 1. The summed E-state index contributed by atoms with van der Waals surface area (Å²) in [6, 6.07) is 6.43. The van der Waals surface area contributed by atoms with Gasteiger partial charge < -0.3 is 9.84 Å². The number of halogens is 2. The zero-order valence-electron chi connectivity index (χ0n) is 10.4. The first-order chi connectivity index (χ1) is 9.13. The van der Waals surface area contributed by atoms with E-state index in [1.165, 1.54) is 6.07 Å². The lowest BCUT2D eigenvalue weighted by atomic mass is 10.1. The largest absolute Gasteiger partial charge is 0.439 e. The Kier molecular flexibility index (Phi) is 4.35. The molecule has 0 unspecified atom stereocenters. The van der Waals surface area contributed by atoms with E-state index in [1.807, 2.05) is 6.92 Å². The molecule has 0 spiro atoms. The summed E-state index contributed by atoms with van der Waals surface area (Å²) in [4.78, 5) is 3.83. The highest BCUT2D eigenvalue weighted by atomic mass is 35.5. The molecule has 19 heavy (non-hydrogen) atoms. The quantitative estimate of drug-likeness (QED) is 0.929. The first kappa shape index (κ1) is 13.8. The van der Waals surface area contributed by atoms with Gasteiger partial charge in [-0.2, -0.15) is 0 Å². The van der Waals surface area contributed by atoms with Gasteiger partial charge in [0.1, 0.15) is 11.6 Å². The first-order valence-corrected chi connectivity index (χ1v) is 6.23. The molecule has 1 heterocycles. The van der Waals surface area contributed by atoms with Crippen LogP contribution in [0.15, 0.2) is 30.5 Å². The summed E-state index contributed by atoms with van der Waals surface area (Å²) in [6.45, 7) is 1.65. The van der Waals surface area contributed by atoms with Crippen LogP contribution in [0.5, 0.6) is 11.6 Å². The Labute approximate surface area is 115 Å². The van der Waals surface area contributed by atoms with Crippen LogP contribution in [0.3, 0.4) is 0 Å². The van der Waals surface area contributed by atoms with Crippen molar-refractivity contribution in [3.8, 4) is 11.6 Å². The molecule has 0 fully saturated rings. The number of pyridine rings is 1. The van der Waals surface area contributed by atoms with Crippen molar-refractivity contribution in [2.24, 2.45) is 0 Å². The third-order valence-electron chi connectivity index (χ3n) is 2.67. The Morgan fingerprint density at radius 3 is 2.79 bits per heavy atom. The van der Waals surface area contributed by atoms with Gasteiger partial charge >= 0.3 is 0 Å². The van der Waals surface area contributed by atoms with Gasteiger partial charge in [-0.05, 0) is 36.2 Å². The number of nitrogens with zero attached hydrogens (tertiary/aromatic N) is 1. The molecule has 2 aromatic rings. The van der Waals surface area contributed by atoms with Crippen LogP contribution < -0.4 is 4.74 Å². The maximum atomic E-state index is 13.0. The number of ether oxygens (including phenoxy) is 1. The van der Waals surface area contributed by atoms with E-state index in [9.17, 15) is 4.39 Å². The highest BCUT2D eigenvalue weighted by Crippen LogP contribution is 2.27. The number of aliphatic hydroxyl groups excluding tert-OH is 1. The molecule has 0 aliphatic carbocycles. The molecular weight excluding hydrogens is 269 g/mol. The van der Waals surface area contributed by atoms with Crippen molar-refractivity contribution in [2.45, 2.75) is 20.0 Å². The van der Waals surface area contributed by atoms with E-state index in [2.05, 4.69) is 4.98 Å². The Balaban J connectivity index is 2.30. The fourth-order valence-electron chi connectivity index (χ4n) is 1.67. The summed E-state index contributed by atoms with van der Waals surface area (Å²) >= 11 is 6.02. The van der Waals surface area contributed by atoms with Crippen LogP contribution in [0.1, 0.15) is 18.1 Å². The average molecular weight is 282 g/mol. The van der Waals surface area contributed by atoms with E-state index < -0.39 is 5.82 Å². The number of hydrogen-bond donors (Lipinski definition) is 1. The van der Waals surface area contributed by atoms with E-state index >= 15 is 0 Å². The summed E-state index contributed by atoms with van der Waals surface area (Å²) in [6.07, 6.45) is 1.82. The molecular formula is C14H13ClFNO2. The minimum atomic E-state index is -0.512. The zero-order chi connectivity index (χ0) is 13.8. The zero-order valence-corrected chi connectivity index (χ0v) is 11.1. The van der Waals surface area contributed by atoms with Gasteiger partial charge in [0.15, 0.2) is 0 Å². The summed E-state index contributed by atoms with van der Waals surface area (Å²) in [5, 5.41) is 9.83. The molecule has 1 N–H and O–H groups in total. The van der Waals surface area contributed by atoms with Crippen LogP contribution in [-0.2, 0) is 13.0 Å². The molecule has 1 aromatic carbocycles. The second-order valence-corrected chi connectivity index (χ2v) is 4.39. The van der Waals surface area contributed by atoms with Gasteiger partial charge in [0.25, 0.3) is 0 Å². The van der Waals surface area contributed by atoms with Gasteiger partial charge in [-0.1, -0.05) is 18.5 Å². The van der Waals surface area contributed by atoms with Gasteiger partial charge in [-0.3, -0.25) is 0 Å². The van der Waals surface area contributed by atoms with Crippen molar-refractivity contribution >= 4 is 11.6 Å². The second kappa shape index (κ2) is 5.99. The van der Waals surface area contributed by atoms with Crippen molar-refractivity contribution in [2.75, 3.05) is 0 Å². The van der Waals surface area contributed by atoms with Crippen LogP contribution in [-0.4, -0.2) is 10.1 Å². The predicted octanol–water partition coefficient (Wildman–Crippen LogP) is 3.72. The van der Waals surface area contributed by atoms with Crippen molar-refractivity contribution in [1.82, 2.24) is 4.98 Å². The molecule has 0 atom stereocenters. The van der Waals surface area contributed by atoms with Gasteiger partial charge in [0, 0.05) is 10.6 Å². The van der Waals surface area contributed by atoms with Crippen molar-refractivity contribution < 1.29 is 14.2 Å². The number of aliphatic hydroxyl groups is 1. The third-order valence-corrected chi connectivity index (χ3v) is 3.04. The highest BCUT2D eigenvalue weighted by molar-refractivity contribution is 6.31. The number of rotatable bonds is 4. The van der Waals surface area contributed by atoms with Gasteiger partial charge in [0.05, 0.1) is 12.8 Å². The average Bonchev–Trinajstić information content (AvgIpc) is 2.42. The van der Waals surface area contributed by atoms with E-state index in [-0.39, 0.29) is 12.5 Å². The number of hydrogen-bond acceptors (Lipinski definition) is 3. The minimum absolute atomic E-state index is 0.188. The smallest absolute Gasteiger partial charge is 0.224 e. The Hall–Kier alpha value is -1.65. The van der Waals surface area contributed by atoms with Gasteiger partial charge in [-0.25, -0.2) is 9.37 Å². The predicted molar refractivity (Wildman–Crippen MR) is 71.0 cm³/mol. The molecule has 0 bridgehead atoms. The van der Waals surface area contributed by atoms with Gasteiger partial charge in [0.2, 0.25) is 5.88 Å². The lowest BCUT2D eigenvalue weighted by Crippen LogP contribution is -1.96. The van der Waals surface area contributed by atoms with E-state index in [0.717, 1.165) is 18.2 Å². The molecule has 3 nitrogen and oxygen atoms in total. The molecule has 0 amide bonds. The molecule has 0 saturated carbocycles. The molecule has 0 radical (unpaired) electrons. The summed E-state index contributed by atoms with van der Waals surface area (Å²) in [5.74, 6) is 0.227. The van der Waals surface area contributed by atoms with Crippen LogP contribution in [0.4, 0.5) is 4.39 Å².